The van der Waals surface area contributed by atoms with Gasteiger partial charge in [-0.05, 0) is 76.8 Å². The van der Waals surface area contributed by atoms with Crippen LogP contribution in [0.5, 0.6) is 17.2 Å². The summed E-state index contributed by atoms with van der Waals surface area (Å²) in [6, 6.07) is 22.8. The topological polar surface area (TPSA) is 62.5 Å². The van der Waals surface area contributed by atoms with Gasteiger partial charge in [-0.25, -0.2) is 0 Å². The van der Waals surface area contributed by atoms with Gasteiger partial charge in [0.15, 0.2) is 0 Å². The molecule has 0 bridgehead atoms. The fourth-order valence-electron chi connectivity index (χ4n) is 3.47. The van der Waals surface area contributed by atoms with E-state index in [1.807, 2.05) is 38.1 Å². The molecular weight excluding hydrogens is 422 g/mol. The summed E-state index contributed by atoms with van der Waals surface area (Å²) in [5, 5.41) is 18.7. The van der Waals surface area contributed by atoms with E-state index < -0.39 is 5.41 Å². The van der Waals surface area contributed by atoms with Crippen LogP contribution in [0, 0.1) is 11.3 Å². The molecule has 0 atom stereocenters. The van der Waals surface area contributed by atoms with Gasteiger partial charge in [0.2, 0.25) is 0 Å². The van der Waals surface area contributed by atoms with Crippen molar-refractivity contribution >= 4 is 0 Å². The highest BCUT2D eigenvalue weighted by Crippen LogP contribution is 2.33. The lowest BCUT2D eigenvalue weighted by Crippen LogP contribution is -2.18. The third-order valence-corrected chi connectivity index (χ3v) is 5.65. The quantitative estimate of drug-likeness (QED) is 0.318. The minimum absolute atomic E-state index is 0.0665. The molecule has 170 valence electrons. The van der Waals surface area contributed by atoms with Crippen LogP contribution < -0.4 is 9.47 Å². The number of phenolic OH excluding ortho intramolecular Hbond substituents is 1. The van der Waals surface area contributed by atoms with Crippen molar-refractivity contribution in [1.82, 2.24) is 0 Å². The molecule has 0 radical (unpaired) electrons. The number of hydrogen-bond donors (Lipinski definition) is 1. The monoisotopic (exact) mass is 457 g/mol. The average molecular weight is 458 g/mol. The van der Waals surface area contributed by atoms with Gasteiger partial charge < -0.3 is 14.6 Å². The van der Waals surface area contributed by atoms with E-state index in [0.29, 0.717) is 29.0 Å². The lowest BCUT2D eigenvalue weighted by molar-refractivity contribution is 0.300. The van der Waals surface area contributed by atoms with E-state index in [2.05, 4.69) is 6.07 Å². The average Bonchev–Trinajstić information content (AvgIpc) is 2.90. The number of hydrogen-bond acceptors (Lipinski definition) is 4. The van der Waals surface area contributed by atoms with Crippen LogP contribution in [0.3, 0.4) is 0 Å². The molecule has 0 aliphatic heterocycles. The molecule has 4 heteroatoms. The van der Waals surface area contributed by atoms with Crippen LogP contribution in [0.4, 0.5) is 0 Å². The Morgan fingerprint density at radius 2 is 1.32 bits per heavy atom. The highest BCUT2D eigenvalue weighted by Gasteiger charge is 2.23. The Kier molecular flexibility index (Phi) is 5.44. The Bertz CT molecular complexity index is 1470. The third-order valence-electron chi connectivity index (χ3n) is 5.65. The minimum Gasteiger partial charge on any atom is -0.508 e. The molecule has 4 aromatic carbocycles. The van der Waals surface area contributed by atoms with Crippen molar-refractivity contribution in [2.24, 2.45) is 0 Å². The summed E-state index contributed by atoms with van der Waals surface area (Å²) < 4.78 is 44.5. The Morgan fingerprint density at radius 3 is 1.88 bits per heavy atom. The number of rotatable bonds is 8. The first kappa shape index (κ1) is 18.2. The summed E-state index contributed by atoms with van der Waals surface area (Å²) in [7, 11) is 0. The van der Waals surface area contributed by atoms with Crippen LogP contribution in [0.25, 0.3) is 0 Å². The molecule has 0 fully saturated rings. The molecule has 4 nitrogen and oxygen atoms in total. The van der Waals surface area contributed by atoms with E-state index in [4.69, 9.17) is 20.2 Å². The van der Waals surface area contributed by atoms with Gasteiger partial charge in [-0.2, -0.15) is 5.26 Å². The molecule has 0 aliphatic rings. The molecule has 0 saturated carbocycles. The van der Waals surface area contributed by atoms with Crippen molar-refractivity contribution in [3.8, 4) is 23.3 Å². The SMILES string of the molecule is [3H]c1cc(C(C)(C)c2cc([3H])c(OCc3cccc(COc4ccc(C#N)cc4)c3)c([3H])c2)cc([3H])c1O. The van der Waals surface area contributed by atoms with Crippen LogP contribution in [0.15, 0.2) is 97.0 Å². The number of nitriles is 1. The van der Waals surface area contributed by atoms with E-state index in [0.717, 1.165) is 11.1 Å². The highest BCUT2D eigenvalue weighted by atomic mass is 16.5. The zero-order valence-electron chi connectivity index (χ0n) is 23.1. The van der Waals surface area contributed by atoms with Crippen molar-refractivity contribution in [3.63, 3.8) is 0 Å². The van der Waals surface area contributed by atoms with Crippen molar-refractivity contribution in [1.29, 1.82) is 5.26 Å². The summed E-state index contributed by atoms with van der Waals surface area (Å²) in [5.41, 5.74) is 2.97. The fraction of sp³-hybridized carbons (Fsp3) is 0.167. The third kappa shape index (κ3) is 5.57. The second-order valence-electron chi connectivity index (χ2n) is 8.40. The zero-order valence-corrected chi connectivity index (χ0v) is 19.1. The summed E-state index contributed by atoms with van der Waals surface area (Å²) >= 11 is 0. The molecule has 0 spiro atoms. The molecule has 0 heterocycles. The molecule has 0 amide bonds. The fourth-order valence-corrected chi connectivity index (χ4v) is 3.47. The Morgan fingerprint density at radius 1 is 0.794 bits per heavy atom. The summed E-state index contributed by atoms with van der Waals surface area (Å²) in [5.74, 6) is 0.453. The summed E-state index contributed by atoms with van der Waals surface area (Å²) in [6.07, 6.45) is 0. The number of phenols is 1. The van der Waals surface area contributed by atoms with Crippen LogP contribution >= 0.6 is 0 Å². The normalized spacial score (nSPS) is 12.6. The second kappa shape index (κ2) is 10.1. The zero-order chi connectivity index (χ0) is 27.4. The number of benzene rings is 4. The van der Waals surface area contributed by atoms with E-state index in [-0.39, 0.29) is 42.3 Å². The van der Waals surface area contributed by atoms with Crippen LogP contribution in [-0.2, 0) is 18.6 Å². The van der Waals surface area contributed by atoms with Gasteiger partial charge in [0.1, 0.15) is 30.5 Å². The maximum Gasteiger partial charge on any atom is 0.119 e. The van der Waals surface area contributed by atoms with Crippen LogP contribution in [-0.4, -0.2) is 5.11 Å². The van der Waals surface area contributed by atoms with Crippen molar-refractivity contribution in [3.05, 3.63) is 125 Å². The van der Waals surface area contributed by atoms with Gasteiger partial charge >= 0.3 is 0 Å². The Balaban J connectivity index is 1.46. The molecule has 0 aliphatic carbocycles. The maximum atomic E-state index is 9.79. The van der Waals surface area contributed by atoms with E-state index >= 15 is 0 Å². The van der Waals surface area contributed by atoms with E-state index in [9.17, 15) is 5.11 Å². The van der Waals surface area contributed by atoms with Gasteiger partial charge in [0.05, 0.1) is 17.1 Å². The lowest BCUT2D eigenvalue weighted by atomic mass is 9.78. The van der Waals surface area contributed by atoms with Crippen LogP contribution in [0.2, 0.25) is 0 Å². The molecule has 4 rings (SSSR count). The molecule has 0 aromatic heterocycles. The predicted molar refractivity (Wildman–Crippen MR) is 133 cm³/mol. The van der Waals surface area contributed by atoms with Gasteiger partial charge in [0, 0.05) is 5.41 Å². The van der Waals surface area contributed by atoms with Gasteiger partial charge in [-0.1, -0.05) is 56.3 Å². The van der Waals surface area contributed by atoms with Gasteiger partial charge in [-0.15, -0.1) is 0 Å². The smallest absolute Gasteiger partial charge is 0.119 e. The summed E-state index contributed by atoms with van der Waals surface area (Å²) in [4.78, 5) is 0. The molecule has 1 N–H and O–H groups in total. The number of nitrogens with zero attached hydrogens (tertiary/aromatic N) is 1. The first-order valence-electron chi connectivity index (χ1n) is 12.8. The number of ether oxygens (including phenoxy) is 2. The lowest BCUT2D eigenvalue weighted by Gasteiger charge is -2.26. The Hall–Kier alpha value is -4.23. The number of aromatic hydroxyl groups is 1. The molecular formula is C30H27NO3. The minimum atomic E-state index is -0.702. The molecule has 4 aromatic rings. The Labute approximate surface area is 206 Å². The predicted octanol–water partition coefficient (Wildman–Crippen LogP) is 6.75. The maximum absolute atomic E-state index is 9.79. The standard InChI is InChI=1S/C30H27NO3/c1-30(2,25-8-12-27(32)13-9-25)26-10-16-29(17-11-26)34-21-24-5-3-4-23(18-24)20-33-28-14-6-22(19-31)7-15-28/h3-18,32H,20-21H2,1-2H3/i12T,13T,16T,17T. The van der Waals surface area contributed by atoms with Gasteiger partial charge in [-0.3, -0.25) is 0 Å². The molecule has 0 saturated heterocycles. The first-order valence-corrected chi connectivity index (χ1v) is 10.8. The van der Waals surface area contributed by atoms with E-state index in [1.165, 1.54) is 12.1 Å². The van der Waals surface area contributed by atoms with Crippen LogP contribution in [0.1, 0.15) is 47.1 Å². The van der Waals surface area contributed by atoms with Crippen molar-refractivity contribution < 1.29 is 20.1 Å². The molecule has 34 heavy (non-hydrogen) atoms. The molecule has 0 unspecified atom stereocenters. The van der Waals surface area contributed by atoms with Gasteiger partial charge in [0.25, 0.3) is 0 Å². The highest BCUT2D eigenvalue weighted by molar-refractivity contribution is 5.41. The summed E-state index contributed by atoms with van der Waals surface area (Å²) in [6.45, 7) is 4.29. The largest absolute Gasteiger partial charge is 0.508 e. The second-order valence-corrected chi connectivity index (χ2v) is 8.40. The first-order chi connectivity index (χ1) is 18.1. The van der Waals surface area contributed by atoms with E-state index in [1.54, 1.807) is 36.4 Å². The van der Waals surface area contributed by atoms with Crippen molar-refractivity contribution in [2.75, 3.05) is 0 Å². The van der Waals surface area contributed by atoms with Crippen molar-refractivity contribution in [2.45, 2.75) is 32.5 Å².